The van der Waals surface area contributed by atoms with Crippen molar-refractivity contribution in [3.05, 3.63) is 29.8 Å². The van der Waals surface area contributed by atoms with Crippen LogP contribution in [0.5, 0.6) is 5.75 Å². The number of aromatic hydroxyl groups is 1. The smallest absolute Gasteiger partial charge is 0.250 e. The first kappa shape index (κ1) is 57.2. The molecule has 24 nitrogen and oxygen atoms in total. The van der Waals surface area contributed by atoms with E-state index < -0.39 is 145 Å². The van der Waals surface area contributed by atoms with Crippen LogP contribution in [-0.4, -0.2) is 153 Å². The number of likely N-dealkylation sites (tertiary alicyclic amines) is 1. The number of amides is 11. The summed E-state index contributed by atoms with van der Waals surface area (Å²) in [4.78, 5) is 148. The summed E-state index contributed by atoms with van der Waals surface area (Å²) >= 11 is 0. The van der Waals surface area contributed by atoms with Crippen molar-refractivity contribution in [1.29, 1.82) is 0 Å². The van der Waals surface area contributed by atoms with Crippen molar-refractivity contribution in [3.63, 3.8) is 0 Å². The normalized spacial score (nSPS) is 24.3. The minimum atomic E-state index is -1.77. The highest BCUT2D eigenvalue weighted by molar-refractivity contribution is 8.76. The number of aliphatic hydroxyl groups excluding tert-OH is 1. The maximum Gasteiger partial charge on any atom is 0.250 e. The first-order chi connectivity index (χ1) is 32.5. The molecule has 0 unspecified atom stereocenters. The van der Waals surface area contributed by atoms with E-state index in [1.807, 2.05) is 0 Å². The molecule has 3 rings (SSSR count). The van der Waals surface area contributed by atoms with Crippen molar-refractivity contribution >= 4 is 86.6 Å². The predicted octanol–water partition coefficient (Wildman–Crippen LogP) is -3.58. The standard InChI is InChI=1S/C43H65N11O13S2/c1-5-22(4)35-42(66)48-25(12-13-32(44)57)37(61)49-28(17-33(45)58)38(62)52-29(19-68-69-20-31(56)41(65)51-27(39(63)53-35)16-23-8-10-24(55)11-9-23)43(67)54-14-6-7-30(54)40(64)50-26(15-21(2)3)36(60)47-18-34(46)59/h8-11,21-22,25-31,35,55-56H,5-7,12-20H2,1-4H3,(H2,44,57)(H2,45,58)(H2,46,59)(H,47,60)(H,48,66)(H,49,61)(H,50,64)(H,51,65)(H,52,62)(H,53,63)/t22-,25-,26-,27-,28-,29-,30-,31-,35-/m0/s1. The molecular weight excluding hydrogens is 943 g/mol. The first-order valence-electron chi connectivity index (χ1n) is 22.5. The maximum atomic E-state index is 14.5. The van der Waals surface area contributed by atoms with E-state index in [1.54, 1.807) is 27.7 Å². The number of benzene rings is 1. The number of primary amides is 3. The first-order valence-corrected chi connectivity index (χ1v) is 25.0. The predicted molar refractivity (Wildman–Crippen MR) is 252 cm³/mol. The molecule has 0 spiro atoms. The Morgan fingerprint density at radius 1 is 0.783 bits per heavy atom. The van der Waals surface area contributed by atoms with E-state index in [0.717, 1.165) is 21.6 Å². The van der Waals surface area contributed by atoms with Gasteiger partial charge in [0.15, 0.2) is 0 Å². The van der Waals surface area contributed by atoms with Gasteiger partial charge in [0.05, 0.1) is 13.0 Å². The number of rotatable bonds is 17. The highest BCUT2D eigenvalue weighted by Crippen LogP contribution is 2.26. The summed E-state index contributed by atoms with van der Waals surface area (Å²) in [5, 5.41) is 38.4. The van der Waals surface area contributed by atoms with Gasteiger partial charge in [-0.1, -0.05) is 67.8 Å². The van der Waals surface area contributed by atoms with Crippen LogP contribution in [0.25, 0.3) is 0 Å². The van der Waals surface area contributed by atoms with Crippen molar-refractivity contribution in [1.82, 2.24) is 42.1 Å². The molecule has 2 saturated heterocycles. The number of carbonyl (C=O) groups is 11. The Morgan fingerprint density at radius 3 is 2.00 bits per heavy atom. The zero-order valence-corrected chi connectivity index (χ0v) is 40.6. The molecule has 11 amide bonds. The average molecular weight is 1010 g/mol. The van der Waals surface area contributed by atoms with Gasteiger partial charge in [-0.05, 0) is 55.2 Å². The lowest BCUT2D eigenvalue weighted by Crippen LogP contribution is -2.61. The quantitative estimate of drug-likeness (QED) is 0.0672. The molecule has 0 bridgehead atoms. The minimum Gasteiger partial charge on any atom is -0.508 e. The SMILES string of the molecule is CC[C@H](C)[C@@H]1NC(=O)[C@H](Cc2ccc(O)cc2)NC(=O)[C@@H](O)CSSC[C@@H](C(=O)N2CCC[C@H]2C(=O)N[C@@H](CC(C)C)C(=O)NCC(N)=O)NC(=O)[C@H](CC(N)=O)NC(=O)[C@H](CCC(N)=O)NC1=O. The van der Waals surface area contributed by atoms with Gasteiger partial charge in [0.25, 0.3) is 0 Å². The van der Waals surface area contributed by atoms with Gasteiger partial charge in [-0.25, -0.2) is 0 Å². The number of carbonyl (C=O) groups excluding carboxylic acids is 11. The van der Waals surface area contributed by atoms with Gasteiger partial charge in [-0.3, -0.25) is 52.7 Å². The van der Waals surface area contributed by atoms with E-state index in [2.05, 4.69) is 37.2 Å². The second kappa shape index (κ2) is 27.7. The van der Waals surface area contributed by atoms with Crippen molar-refractivity contribution < 1.29 is 63.0 Å². The Balaban J connectivity index is 2.05. The monoisotopic (exact) mass is 1010 g/mol. The second-order valence-electron chi connectivity index (χ2n) is 17.3. The Labute approximate surface area is 407 Å². The van der Waals surface area contributed by atoms with E-state index in [1.165, 1.54) is 29.2 Å². The third-order valence-corrected chi connectivity index (χ3v) is 13.6. The van der Waals surface area contributed by atoms with Crippen LogP contribution in [0.15, 0.2) is 24.3 Å². The van der Waals surface area contributed by atoms with Crippen LogP contribution in [0, 0.1) is 11.8 Å². The molecule has 0 aliphatic carbocycles. The Bertz CT molecular complexity index is 2050. The molecule has 26 heteroatoms. The molecular formula is C43H65N11O13S2. The number of phenolic OH excluding ortho intramolecular Hbond substituents is 1. The van der Waals surface area contributed by atoms with Crippen LogP contribution in [0.4, 0.5) is 0 Å². The van der Waals surface area contributed by atoms with Crippen LogP contribution in [0.2, 0.25) is 0 Å². The van der Waals surface area contributed by atoms with Crippen molar-refractivity contribution in [2.75, 3.05) is 24.6 Å². The zero-order valence-electron chi connectivity index (χ0n) is 38.9. The van der Waals surface area contributed by atoms with Crippen LogP contribution in [0.3, 0.4) is 0 Å². The average Bonchev–Trinajstić information content (AvgIpc) is 3.78. The lowest BCUT2D eigenvalue weighted by Gasteiger charge is -2.31. The summed E-state index contributed by atoms with van der Waals surface area (Å²) < 4.78 is 0. The largest absolute Gasteiger partial charge is 0.508 e. The summed E-state index contributed by atoms with van der Waals surface area (Å²) in [6.45, 7) is 6.52. The molecule has 2 fully saturated rings. The number of hydrogen-bond donors (Lipinski definition) is 12. The number of phenols is 1. The molecule has 0 radical (unpaired) electrons. The molecule has 69 heavy (non-hydrogen) atoms. The molecule has 2 aliphatic rings. The zero-order chi connectivity index (χ0) is 51.5. The summed E-state index contributed by atoms with van der Waals surface area (Å²) in [5.74, 6) is -11.2. The third-order valence-electron chi connectivity index (χ3n) is 11.2. The van der Waals surface area contributed by atoms with E-state index in [-0.39, 0.29) is 49.0 Å². The molecule has 2 aliphatic heterocycles. The highest BCUT2D eigenvalue weighted by Gasteiger charge is 2.41. The number of nitrogens with zero attached hydrogens (tertiary/aromatic N) is 1. The molecule has 9 atom stereocenters. The molecule has 1 aromatic rings. The van der Waals surface area contributed by atoms with Gasteiger partial charge < -0.3 is 69.5 Å². The molecule has 1 aromatic carbocycles. The van der Waals surface area contributed by atoms with Crippen LogP contribution in [0.1, 0.15) is 78.2 Å². The van der Waals surface area contributed by atoms with Gasteiger partial charge in [-0.2, -0.15) is 0 Å². The van der Waals surface area contributed by atoms with Crippen molar-refractivity contribution in [3.8, 4) is 5.75 Å². The summed E-state index contributed by atoms with van der Waals surface area (Å²) in [5.41, 5.74) is 16.6. The molecule has 2 heterocycles. The molecule has 0 aromatic heterocycles. The summed E-state index contributed by atoms with van der Waals surface area (Å²) in [6.07, 6.45) is -2.60. The van der Waals surface area contributed by atoms with Crippen LogP contribution >= 0.6 is 21.6 Å². The van der Waals surface area contributed by atoms with Crippen LogP contribution in [-0.2, 0) is 59.2 Å². The van der Waals surface area contributed by atoms with Gasteiger partial charge in [0.2, 0.25) is 65.0 Å². The van der Waals surface area contributed by atoms with Gasteiger partial charge >= 0.3 is 0 Å². The summed E-state index contributed by atoms with van der Waals surface area (Å²) in [7, 11) is 1.84. The van der Waals surface area contributed by atoms with Crippen molar-refractivity contribution in [2.24, 2.45) is 29.0 Å². The van der Waals surface area contributed by atoms with Crippen LogP contribution < -0.4 is 54.4 Å². The van der Waals surface area contributed by atoms with Gasteiger partial charge in [-0.15, -0.1) is 0 Å². The van der Waals surface area contributed by atoms with Crippen molar-refractivity contribution in [2.45, 2.75) is 127 Å². The molecule has 15 N–H and O–H groups in total. The van der Waals surface area contributed by atoms with E-state index in [4.69, 9.17) is 17.2 Å². The minimum absolute atomic E-state index is 0.0297. The fraction of sp³-hybridized carbons (Fsp3) is 0.605. The van der Waals surface area contributed by atoms with E-state index in [9.17, 15) is 63.0 Å². The Hall–Kier alpha value is -6.15. The maximum absolute atomic E-state index is 14.5. The number of nitrogens with two attached hydrogens (primary N) is 3. The molecule has 0 saturated carbocycles. The van der Waals surface area contributed by atoms with E-state index in [0.29, 0.717) is 18.4 Å². The lowest BCUT2D eigenvalue weighted by molar-refractivity contribution is -0.142. The van der Waals surface area contributed by atoms with E-state index >= 15 is 0 Å². The summed E-state index contributed by atoms with van der Waals surface area (Å²) in [6, 6.07) is -4.14. The number of nitrogens with one attached hydrogen (secondary N) is 7. The van der Waals surface area contributed by atoms with Gasteiger partial charge in [0.1, 0.15) is 54.1 Å². The fourth-order valence-corrected chi connectivity index (χ4v) is 9.53. The second-order valence-corrected chi connectivity index (χ2v) is 19.9. The topological polar surface area (TPSA) is 394 Å². The third kappa shape index (κ3) is 18.7. The van der Waals surface area contributed by atoms with Gasteiger partial charge in [0, 0.05) is 30.9 Å². The number of hydrogen-bond acceptors (Lipinski definition) is 15. The lowest BCUT2D eigenvalue weighted by atomic mass is 9.96. The fourth-order valence-electron chi connectivity index (χ4n) is 7.32. The highest BCUT2D eigenvalue weighted by atomic mass is 33.1. The molecule has 382 valence electrons. The Morgan fingerprint density at radius 2 is 1.39 bits per heavy atom. The number of aliphatic hydroxyl groups is 1. The Kier molecular flexibility index (Phi) is 23.0.